The average molecular weight is 195 g/mol. The maximum Gasteiger partial charge on any atom is 0.217 e. The molecule has 0 aromatic rings. The van der Waals surface area contributed by atoms with Crippen LogP contribution in [0, 0.1) is 5.41 Å². The molecule has 80 valence electrons. The van der Waals surface area contributed by atoms with Gasteiger partial charge < -0.3 is 5.32 Å². The molecule has 0 saturated heterocycles. The molecule has 0 unspecified atom stereocenters. The van der Waals surface area contributed by atoms with Gasteiger partial charge in [-0.05, 0) is 24.7 Å². The number of hydrogen-bond donors (Lipinski definition) is 1. The minimum Gasteiger partial charge on any atom is -0.353 e. The molecule has 0 radical (unpaired) electrons. The Bertz CT molecular complexity index is 248. The normalized spacial score (nSPS) is 22.9. The third kappa shape index (κ3) is 3.17. The molecule has 0 bridgehead atoms. The molecule has 1 aliphatic rings. The minimum atomic E-state index is 0.0857. The van der Waals surface area contributed by atoms with Crippen LogP contribution in [0.25, 0.3) is 0 Å². The Hall–Kier alpha value is -0.790. The van der Waals surface area contributed by atoms with Crippen molar-refractivity contribution in [1.29, 1.82) is 0 Å². The summed E-state index contributed by atoms with van der Waals surface area (Å²) in [5.74, 6) is 0.0857. The van der Waals surface area contributed by atoms with Crippen LogP contribution in [0.4, 0.5) is 0 Å². The monoisotopic (exact) mass is 195 g/mol. The molecule has 0 fully saturated rings. The summed E-state index contributed by atoms with van der Waals surface area (Å²) >= 11 is 0. The van der Waals surface area contributed by atoms with Crippen molar-refractivity contribution in [3.8, 4) is 0 Å². The minimum absolute atomic E-state index is 0.0857. The topological polar surface area (TPSA) is 29.1 Å². The molecule has 1 rings (SSSR count). The van der Waals surface area contributed by atoms with E-state index in [2.05, 4.69) is 32.2 Å². The van der Waals surface area contributed by atoms with Crippen LogP contribution < -0.4 is 5.32 Å². The number of allylic oxidation sites excluding steroid dienone is 1. The van der Waals surface area contributed by atoms with Crippen molar-refractivity contribution >= 4 is 5.91 Å². The van der Waals surface area contributed by atoms with Gasteiger partial charge in [-0.3, -0.25) is 4.79 Å². The van der Waals surface area contributed by atoms with Crippen molar-refractivity contribution in [1.82, 2.24) is 5.32 Å². The number of nitrogens with one attached hydrogen (secondary N) is 1. The highest BCUT2D eigenvalue weighted by Crippen LogP contribution is 2.32. The molecule has 14 heavy (non-hydrogen) atoms. The van der Waals surface area contributed by atoms with E-state index in [4.69, 9.17) is 0 Å². The van der Waals surface area contributed by atoms with Gasteiger partial charge in [0.05, 0.1) is 0 Å². The van der Waals surface area contributed by atoms with Gasteiger partial charge in [0, 0.05) is 13.0 Å². The summed E-state index contributed by atoms with van der Waals surface area (Å²) in [7, 11) is 0. The lowest BCUT2D eigenvalue weighted by atomic mass is 9.79. The highest BCUT2D eigenvalue weighted by molar-refractivity contribution is 5.73. The molecule has 1 N–H and O–H groups in total. The standard InChI is InChI=1S/C12H21NO/c1-9(14)13-11-7-5-10(6-8-11)12(2,3)4/h5,11H,6-8H2,1-4H3,(H,13,14)/t11-/m1/s1. The lowest BCUT2D eigenvalue weighted by Crippen LogP contribution is -2.34. The zero-order valence-corrected chi connectivity index (χ0v) is 9.68. The quantitative estimate of drug-likeness (QED) is 0.640. The highest BCUT2D eigenvalue weighted by atomic mass is 16.1. The molecule has 0 aliphatic heterocycles. The Balaban J connectivity index is 2.51. The summed E-state index contributed by atoms with van der Waals surface area (Å²) in [6.07, 6.45) is 5.49. The van der Waals surface area contributed by atoms with E-state index < -0.39 is 0 Å². The van der Waals surface area contributed by atoms with E-state index >= 15 is 0 Å². The lowest BCUT2D eigenvalue weighted by Gasteiger charge is -2.29. The number of carbonyl (C=O) groups excluding carboxylic acids is 1. The first-order chi connectivity index (χ1) is 6.39. The zero-order chi connectivity index (χ0) is 10.8. The molecule has 2 nitrogen and oxygen atoms in total. The Morgan fingerprint density at radius 2 is 2.14 bits per heavy atom. The van der Waals surface area contributed by atoms with Crippen molar-refractivity contribution in [2.75, 3.05) is 0 Å². The first-order valence-electron chi connectivity index (χ1n) is 5.36. The Labute approximate surface area is 86.8 Å². The van der Waals surface area contributed by atoms with Crippen molar-refractivity contribution in [2.45, 2.75) is 53.0 Å². The van der Waals surface area contributed by atoms with Crippen LogP contribution in [-0.4, -0.2) is 11.9 Å². The predicted molar refractivity (Wildman–Crippen MR) is 59.0 cm³/mol. The van der Waals surface area contributed by atoms with Gasteiger partial charge in [-0.2, -0.15) is 0 Å². The summed E-state index contributed by atoms with van der Waals surface area (Å²) in [4.78, 5) is 10.9. The Morgan fingerprint density at radius 3 is 2.50 bits per heavy atom. The van der Waals surface area contributed by atoms with Crippen molar-refractivity contribution in [3.63, 3.8) is 0 Å². The second kappa shape index (κ2) is 4.16. The molecule has 1 atom stereocenters. The van der Waals surface area contributed by atoms with Crippen LogP contribution in [0.5, 0.6) is 0 Å². The molecular formula is C12H21NO. The van der Waals surface area contributed by atoms with Gasteiger partial charge >= 0.3 is 0 Å². The first kappa shape index (κ1) is 11.3. The zero-order valence-electron chi connectivity index (χ0n) is 9.68. The molecule has 0 aromatic carbocycles. The van der Waals surface area contributed by atoms with Gasteiger partial charge in [-0.15, -0.1) is 0 Å². The molecule has 1 aliphatic carbocycles. The van der Waals surface area contributed by atoms with E-state index in [1.807, 2.05) is 0 Å². The van der Waals surface area contributed by atoms with Gasteiger partial charge in [-0.1, -0.05) is 32.4 Å². The van der Waals surface area contributed by atoms with Gasteiger partial charge in [-0.25, -0.2) is 0 Å². The van der Waals surface area contributed by atoms with Gasteiger partial charge in [0.1, 0.15) is 0 Å². The predicted octanol–water partition coefficient (Wildman–Crippen LogP) is 2.65. The van der Waals surface area contributed by atoms with Crippen molar-refractivity contribution in [2.24, 2.45) is 5.41 Å². The lowest BCUT2D eigenvalue weighted by molar-refractivity contribution is -0.119. The summed E-state index contributed by atoms with van der Waals surface area (Å²) in [5.41, 5.74) is 1.82. The van der Waals surface area contributed by atoms with Crippen LogP contribution in [0.2, 0.25) is 0 Å². The second-order valence-corrected chi connectivity index (χ2v) is 5.15. The van der Waals surface area contributed by atoms with E-state index in [1.165, 1.54) is 5.57 Å². The fourth-order valence-corrected chi connectivity index (χ4v) is 1.93. The van der Waals surface area contributed by atoms with E-state index in [1.54, 1.807) is 6.92 Å². The van der Waals surface area contributed by atoms with Crippen LogP contribution in [0.1, 0.15) is 47.0 Å². The summed E-state index contributed by atoms with van der Waals surface area (Å²) < 4.78 is 0. The van der Waals surface area contributed by atoms with Crippen molar-refractivity contribution in [3.05, 3.63) is 11.6 Å². The molecule has 2 heteroatoms. The van der Waals surface area contributed by atoms with Gasteiger partial charge in [0.25, 0.3) is 0 Å². The summed E-state index contributed by atoms with van der Waals surface area (Å²) in [6.45, 7) is 8.33. The molecule has 1 amide bonds. The van der Waals surface area contributed by atoms with Crippen LogP contribution in [0.3, 0.4) is 0 Å². The maximum atomic E-state index is 10.9. The van der Waals surface area contributed by atoms with Crippen molar-refractivity contribution < 1.29 is 4.79 Å². The number of carbonyl (C=O) groups is 1. The van der Waals surface area contributed by atoms with Gasteiger partial charge in [0.15, 0.2) is 0 Å². The van der Waals surface area contributed by atoms with Crippen LogP contribution in [-0.2, 0) is 4.79 Å². The second-order valence-electron chi connectivity index (χ2n) is 5.15. The van der Waals surface area contributed by atoms with E-state index in [-0.39, 0.29) is 5.91 Å². The van der Waals surface area contributed by atoms with E-state index in [0.29, 0.717) is 11.5 Å². The first-order valence-corrected chi connectivity index (χ1v) is 5.36. The molecule has 0 saturated carbocycles. The fraction of sp³-hybridized carbons (Fsp3) is 0.750. The molecule has 0 spiro atoms. The van der Waals surface area contributed by atoms with Crippen LogP contribution in [0.15, 0.2) is 11.6 Å². The molecular weight excluding hydrogens is 174 g/mol. The van der Waals surface area contributed by atoms with E-state index in [0.717, 1.165) is 19.3 Å². The Morgan fingerprint density at radius 1 is 1.50 bits per heavy atom. The number of amides is 1. The SMILES string of the molecule is CC(=O)N[C@@H]1CC=C(C(C)(C)C)CC1. The smallest absolute Gasteiger partial charge is 0.217 e. The third-order valence-electron chi connectivity index (χ3n) is 2.78. The maximum absolute atomic E-state index is 10.9. The molecule has 0 heterocycles. The summed E-state index contributed by atoms with van der Waals surface area (Å²) in [6, 6.07) is 0.360. The third-order valence-corrected chi connectivity index (χ3v) is 2.78. The largest absolute Gasteiger partial charge is 0.353 e. The average Bonchev–Trinajstić information content (AvgIpc) is 2.02. The number of hydrogen-bond acceptors (Lipinski definition) is 1. The van der Waals surface area contributed by atoms with Gasteiger partial charge in [0.2, 0.25) is 5.91 Å². The summed E-state index contributed by atoms with van der Waals surface area (Å²) in [5, 5.41) is 2.97. The molecule has 0 aromatic heterocycles. The number of rotatable bonds is 1. The Kier molecular flexibility index (Phi) is 3.35. The van der Waals surface area contributed by atoms with Crippen LogP contribution >= 0.6 is 0 Å². The van der Waals surface area contributed by atoms with E-state index in [9.17, 15) is 4.79 Å². The highest BCUT2D eigenvalue weighted by Gasteiger charge is 2.22. The fourth-order valence-electron chi connectivity index (χ4n) is 1.93.